The van der Waals surface area contributed by atoms with Crippen molar-refractivity contribution in [3.8, 4) is 0 Å². The van der Waals surface area contributed by atoms with E-state index in [9.17, 15) is 43.8 Å². The van der Waals surface area contributed by atoms with E-state index in [1.807, 2.05) is 0 Å². The maximum absolute atomic E-state index is 12.5. The van der Waals surface area contributed by atoms with Gasteiger partial charge in [-0.2, -0.15) is 0 Å². The average Bonchev–Trinajstić information content (AvgIpc) is 2.91. The molecule has 10 N–H and O–H groups in total. The number of carboxylic acid groups (broad SMARTS) is 1. The summed E-state index contributed by atoms with van der Waals surface area (Å²) in [6.07, 6.45) is -5.58. The molecule has 0 aliphatic heterocycles. The van der Waals surface area contributed by atoms with Gasteiger partial charge in [0.2, 0.25) is 29.5 Å². The highest BCUT2D eigenvalue weighted by atomic mass is 16.5. The zero-order chi connectivity index (χ0) is 31.9. The van der Waals surface area contributed by atoms with Gasteiger partial charge in [-0.15, -0.1) is 0 Å². The quantitative estimate of drug-likeness (QED) is 0.0607. The van der Waals surface area contributed by atoms with Gasteiger partial charge in [-0.05, 0) is 19.8 Å². The summed E-state index contributed by atoms with van der Waals surface area (Å²) in [5.41, 5.74) is 5.28. The summed E-state index contributed by atoms with van der Waals surface area (Å²) in [7, 11) is 0. The van der Waals surface area contributed by atoms with Crippen LogP contribution in [0.15, 0.2) is 0 Å². The Kier molecular flexibility index (Phi) is 17.0. The fourth-order valence-electron chi connectivity index (χ4n) is 3.25. The van der Waals surface area contributed by atoms with E-state index in [1.165, 1.54) is 20.8 Å². The molecule has 0 heterocycles. The standard InChI is InChI=1S/C24H41N5O12/c1-5-13(24(39)40)27-17(33)7-6-14(21(25)36)28-23(38)12(4)26-18(34)10-41-20(19(35)16(32)9-31)15(8-30)29-22(37)11(2)3/h8,11-16,19-20,31-32,35H,5-7,9-10H2,1-4H3,(H2,25,36)(H,26,34)(H,27,33)(H,28,38)(H,29,37)(H,39,40)/t12?,13?,14?,15-,16+,19+,20+/m0/s1. The molecule has 0 aromatic rings. The first-order valence-corrected chi connectivity index (χ1v) is 12.8. The van der Waals surface area contributed by atoms with E-state index in [-0.39, 0.29) is 25.5 Å². The van der Waals surface area contributed by atoms with Crippen LogP contribution in [-0.4, -0.2) is 118 Å². The van der Waals surface area contributed by atoms with Crippen molar-refractivity contribution in [1.82, 2.24) is 21.3 Å². The fourth-order valence-corrected chi connectivity index (χ4v) is 3.25. The summed E-state index contributed by atoms with van der Waals surface area (Å²) in [6, 6.07) is -5.23. The molecule has 17 heteroatoms. The number of nitrogens with two attached hydrogens (primary N) is 1. The van der Waals surface area contributed by atoms with E-state index >= 15 is 0 Å². The molecule has 0 bridgehead atoms. The molecule has 7 atom stereocenters. The lowest BCUT2D eigenvalue weighted by Crippen LogP contribution is -2.56. The maximum Gasteiger partial charge on any atom is 0.326 e. The van der Waals surface area contributed by atoms with Crippen LogP contribution in [0.4, 0.5) is 0 Å². The van der Waals surface area contributed by atoms with Gasteiger partial charge in [0, 0.05) is 12.3 Å². The van der Waals surface area contributed by atoms with Crippen LogP contribution in [0.1, 0.15) is 47.0 Å². The van der Waals surface area contributed by atoms with Crippen molar-refractivity contribution >= 4 is 41.8 Å². The summed E-state index contributed by atoms with van der Waals surface area (Å²) in [5.74, 6) is -5.86. The van der Waals surface area contributed by atoms with E-state index < -0.39 is 97.1 Å². The highest BCUT2D eigenvalue weighted by molar-refractivity contribution is 5.92. The smallest absolute Gasteiger partial charge is 0.326 e. The zero-order valence-electron chi connectivity index (χ0n) is 23.4. The number of hydrogen-bond donors (Lipinski definition) is 9. The van der Waals surface area contributed by atoms with Gasteiger partial charge in [-0.1, -0.05) is 20.8 Å². The molecule has 0 aliphatic rings. The molecule has 3 unspecified atom stereocenters. The molecular weight excluding hydrogens is 550 g/mol. The Morgan fingerprint density at radius 3 is 1.98 bits per heavy atom. The Bertz CT molecular complexity index is 931. The number of aldehydes is 1. The van der Waals surface area contributed by atoms with Gasteiger partial charge in [0.05, 0.1) is 6.61 Å². The molecule has 41 heavy (non-hydrogen) atoms. The second kappa shape index (κ2) is 18.6. The number of aliphatic hydroxyl groups excluding tert-OH is 3. The van der Waals surface area contributed by atoms with Gasteiger partial charge < -0.3 is 57.0 Å². The topological polar surface area (TPSA) is 284 Å². The molecule has 0 aromatic carbocycles. The van der Waals surface area contributed by atoms with Crippen molar-refractivity contribution in [3.63, 3.8) is 0 Å². The first-order valence-electron chi connectivity index (χ1n) is 12.8. The van der Waals surface area contributed by atoms with Gasteiger partial charge in [-0.3, -0.25) is 24.0 Å². The Morgan fingerprint density at radius 1 is 0.902 bits per heavy atom. The Balaban J connectivity index is 5.19. The van der Waals surface area contributed by atoms with Crippen molar-refractivity contribution in [2.24, 2.45) is 11.7 Å². The summed E-state index contributed by atoms with van der Waals surface area (Å²) in [5, 5.41) is 47.3. The number of carboxylic acids is 1. The lowest BCUT2D eigenvalue weighted by atomic mass is 10.0. The van der Waals surface area contributed by atoms with E-state index in [0.29, 0.717) is 0 Å². The summed E-state index contributed by atoms with van der Waals surface area (Å²) in [6.45, 7) is 4.08. The monoisotopic (exact) mass is 591 g/mol. The highest BCUT2D eigenvalue weighted by Gasteiger charge is 2.35. The molecule has 17 nitrogen and oxygen atoms in total. The van der Waals surface area contributed by atoms with Crippen molar-refractivity contribution < 1.29 is 58.7 Å². The van der Waals surface area contributed by atoms with Crippen molar-refractivity contribution in [2.75, 3.05) is 13.2 Å². The SMILES string of the molecule is CCC(NC(=O)CCC(NC(=O)C(C)NC(=O)CO[C@@H]([C@H](O)[C@H](O)CO)[C@H](C=O)NC(=O)C(C)C)C(N)=O)C(=O)O. The van der Waals surface area contributed by atoms with Gasteiger partial charge in [-0.25, -0.2) is 4.79 Å². The van der Waals surface area contributed by atoms with E-state index in [1.54, 1.807) is 6.92 Å². The number of aliphatic hydroxyl groups is 3. The van der Waals surface area contributed by atoms with Crippen molar-refractivity contribution in [1.29, 1.82) is 0 Å². The van der Waals surface area contributed by atoms with Gasteiger partial charge in [0.25, 0.3) is 0 Å². The van der Waals surface area contributed by atoms with Crippen LogP contribution >= 0.6 is 0 Å². The Hall–Kier alpha value is -3.67. The van der Waals surface area contributed by atoms with Gasteiger partial charge >= 0.3 is 5.97 Å². The van der Waals surface area contributed by atoms with Crippen molar-refractivity contribution in [2.45, 2.75) is 89.4 Å². The molecule has 0 saturated heterocycles. The minimum atomic E-state index is -1.90. The largest absolute Gasteiger partial charge is 0.480 e. The molecule has 0 rings (SSSR count). The maximum atomic E-state index is 12.5. The van der Waals surface area contributed by atoms with E-state index in [2.05, 4.69) is 21.3 Å². The number of aliphatic carboxylic acids is 1. The van der Waals surface area contributed by atoms with Crippen molar-refractivity contribution in [3.05, 3.63) is 0 Å². The third-order valence-electron chi connectivity index (χ3n) is 5.79. The minimum Gasteiger partial charge on any atom is -0.480 e. The molecule has 5 amide bonds. The third kappa shape index (κ3) is 13.5. The number of hydrogen-bond acceptors (Lipinski definition) is 11. The molecule has 0 saturated carbocycles. The van der Waals surface area contributed by atoms with Crippen LogP contribution in [0.25, 0.3) is 0 Å². The summed E-state index contributed by atoms with van der Waals surface area (Å²) < 4.78 is 5.27. The second-order valence-corrected chi connectivity index (χ2v) is 9.50. The molecule has 0 aliphatic carbocycles. The normalized spacial score (nSPS) is 16.2. The second-order valence-electron chi connectivity index (χ2n) is 9.50. The van der Waals surface area contributed by atoms with Crippen LogP contribution in [0, 0.1) is 5.92 Å². The number of carbonyl (C=O) groups excluding carboxylic acids is 6. The average molecular weight is 592 g/mol. The molecule has 0 radical (unpaired) electrons. The van der Waals surface area contributed by atoms with Crippen LogP contribution < -0.4 is 27.0 Å². The molecular formula is C24H41N5O12. The number of nitrogens with one attached hydrogen (secondary N) is 4. The number of rotatable bonds is 20. The number of primary amides is 1. The van der Waals surface area contributed by atoms with Gasteiger partial charge in [0.1, 0.15) is 55.4 Å². The van der Waals surface area contributed by atoms with E-state index in [0.717, 1.165) is 0 Å². The molecule has 0 fully saturated rings. The zero-order valence-corrected chi connectivity index (χ0v) is 23.4. The Labute approximate surface area is 236 Å². The van der Waals surface area contributed by atoms with Crippen LogP contribution in [-0.2, 0) is 38.3 Å². The fraction of sp³-hybridized carbons (Fsp3) is 0.708. The molecule has 0 spiro atoms. The Morgan fingerprint density at radius 2 is 1.51 bits per heavy atom. The highest BCUT2D eigenvalue weighted by Crippen LogP contribution is 2.10. The molecule has 0 aromatic heterocycles. The predicted octanol–water partition coefficient (Wildman–Crippen LogP) is -4.34. The van der Waals surface area contributed by atoms with Crippen LogP contribution in [0.3, 0.4) is 0 Å². The number of carbonyl (C=O) groups is 7. The van der Waals surface area contributed by atoms with E-state index in [4.69, 9.17) is 20.7 Å². The lowest BCUT2D eigenvalue weighted by Gasteiger charge is -2.30. The first kappa shape index (κ1) is 37.3. The van der Waals surface area contributed by atoms with Crippen LogP contribution in [0.2, 0.25) is 0 Å². The first-order chi connectivity index (χ1) is 19.1. The minimum absolute atomic E-state index is 0.127. The third-order valence-corrected chi connectivity index (χ3v) is 5.79. The predicted molar refractivity (Wildman–Crippen MR) is 139 cm³/mol. The van der Waals surface area contributed by atoms with Crippen LogP contribution in [0.5, 0.6) is 0 Å². The molecule has 234 valence electrons. The van der Waals surface area contributed by atoms with Gasteiger partial charge in [0.15, 0.2) is 0 Å². The number of ether oxygens (including phenoxy) is 1. The summed E-state index contributed by atoms with van der Waals surface area (Å²) >= 11 is 0. The lowest BCUT2D eigenvalue weighted by molar-refractivity contribution is -0.147. The number of amides is 5. The summed E-state index contributed by atoms with van der Waals surface area (Å²) in [4.78, 5) is 83.4.